The van der Waals surface area contributed by atoms with Gasteiger partial charge in [-0.3, -0.25) is 0 Å². The van der Waals surface area contributed by atoms with Gasteiger partial charge in [0.1, 0.15) is 11.6 Å². The van der Waals surface area contributed by atoms with Crippen LogP contribution in [0.5, 0.6) is 0 Å². The highest BCUT2D eigenvalue weighted by atomic mass is 79.9. The zero-order valence-electron chi connectivity index (χ0n) is 9.58. The Morgan fingerprint density at radius 3 is 2.33 bits per heavy atom. The molecule has 1 aromatic heterocycles. The maximum atomic E-state index is 13.0. The lowest BCUT2D eigenvalue weighted by Crippen LogP contribution is -2.00. The average molecular weight is 333 g/mol. The van der Waals surface area contributed by atoms with Crippen LogP contribution in [0.3, 0.4) is 0 Å². The Labute approximate surface area is 116 Å². The predicted molar refractivity (Wildman–Crippen MR) is 71.8 cm³/mol. The van der Waals surface area contributed by atoms with Crippen molar-refractivity contribution >= 4 is 27.3 Å². The molecule has 1 heterocycles. The number of aliphatic hydroxyl groups is 1. The van der Waals surface area contributed by atoms with Gasteiger partial charge in [0.2, 0.25) is 0 Å². The molecule has 18 heavy (non-hydrogen) atoms. The van der Waals surface area contributed by atoms with Gasteiger partial charge in [-0.15, -0.1) is 11.3 Å². The lowest BCUT2D eigenvalue weighted by Gasteiger charge is -2.08. The lowest BCUT2D eigenvalue weighted by molar-refractivity contribution is 0.182. The molecule has 0 amide bonds. The molecular weight excluding hydrogens is 322 g/mol. The van der Waals surface area contributed by atoms with E-state index in [1.54, 1.807) is 0 Å². The van der Waals surface area contributed by atoms with Crippen LogP contribution in [0.2, 0.25) is 0 Å². The average Bonchev–Trinajstić information content (AvgIpc) is 2.57. The van der Waals surface area contributed by atoms with Crippen LogP contribution in [0.15, 0.2) is 28.7 Å². The van der Waals surface area contributed by atoms with Crippen molar-refractivity contribution in [3.63, 3.8) is 0 Å². The maximum Gasteiger partial charge on any atom is 0.126 e. The zero-order chi connectivity index (χ0) is 13.3. The fraction of sp³-hybridized carbons (Fsp3) is 0.231. The number of halogens is 3. The molecule has 0 fully saturated rings. The van der Waals surface area contributed by atoms with Gasteiger partial charge in [0.25, 0.3) is 0 Å². The summed E-state index contributed by atoms with van der Waals surface area (Å²) in [6.45, 7) is 1.94. The maximum absolute atomic E-state index is 13.0. The summed E-state index contributed by atoms with van der Waals surface area (Å²) < 4.78 is 27.0. The summed E-state index contributed by atoms with van der Waals surface area (Å²) in [5.74, 6) is -1.25. The summed E-state index contributed by atoms with van der Waals surface area (Å²) in [6.07, 6.45) is -0.553. The van der Waals surface area contributed by atoms with E-state index in [0.717, 1.165) is 20.3 Å². The number of thiophene rings is 1. The van der Waals surface area contributed by atoms with Crippen molar-refractivity contribution < 1.29 is 13.9 Å². The van der Waals surface area contributed by atoms with Crippen LogP contribution in [0.4, 0.5) is 8.78 Å². The van der Waals surface area contributed by atoms with E-state index >= 15 is 0 Å². The van der Waals surface area contributed by atoms with Crippen LogP contribution in [0.25, 0.3) is 0 Å². The molecule has 0 aliphatic carbocycles. The molecule has 0 spiro atoms. The van der Waals surface area contributed by atoms with Gasteiger partial charge in [0.15, 0.2) is 0 Å². The standard InChI is InChI=1S/C13H11BrF2OS/c1-7-11(14)6-13(18-7)12(17)4-8-2-9(15)5-10(16)3-8/h2-3,5-6,12,17H,4H2,1H3. The van der Waals surface area contributed by atoms with Gasteiger partial charge in [0.05, 0.1) is 6.10 Å². The minimum atomic E-state index is -0.749. The van der Waals surface area contributed by atoms with E-state index in [4.69, 9.17) is 0 Å². The zero-order valence-corrected chi connectivity index (χ0v) is 12.0. The number of hydrogen-bond acceptors (Lipinski definition) is 2. The van der Waals surface area contributed by atoms with Crippen LogP contribution in [0.1, 0.15) is 21.4 Å². The Bertz CT molecular complexity index is 528. The highest BCUT2D eigenvalue weighted by Crippen LogP contribution is 2.32. The molecule has 2 aromatic rings. The van der Waals surface area contributed by atoms with Crippen molar-refractivity contribution in [2.24, 2.45) is 0 Å². The SMILES string of the molecule is Cc1sc(C(O)Cc2cc(F)cc(F)c2)cc1Br. The molecule has 0 saturated carbocycles. The van der Waals surface area contributed by atoms with E-state index in [9.17, 15) is 13.9 Å². The van der Waals surface area contributed by atoms with Crippen molar-refractivity contribution in [2.45, 2.75) is 19.4 Å². The van der Waals surface area contributed by atoms with Gasteiger partial charge >= 0.3 is 0 Å². The Kier molecular flexibility index (Phi) is 4.14. The minimum absolute atomic E-state index is 0.196. The second-order valence-electron chi connectivity index (χ2n) is 4.05. The second-order valence-corrected chi connectivity index (χ2v) is 6.19. The number of hydrogen-bond donors (Lipinski definition) is 1. The molecule has 0 radical (unpaired) electrons. The third-order valence-corrected chi connectivity index (χ3v) is 4.79. The quantitative estimate of drug-likeness (QED) is 0.884. The highest BCUT2D eigenvalue weighted by Gasteiger charge is 2.14. The molecule has 1 aromatic carbocycles. The summed E-state index contributed by atoms with van der Waals surface area (Å²) in [5.41, 5.74) is 0.446. The molecule has 1 atom stereocenters. The van der Waals surface area contributed by atoms with Crippen molar-refractivity contribution in [2.75, 3.05) is 0 Å². The second kappa shape index (κ2) is 5.47. The van der Waals surface area contributed by atoms with E-state index in [-0.39, 0.29) is 6.42 Å². The van der Waals surface area contributed by atoms with E-state index in [0.29, 0.717) is 5.56 Å². The van der Waals surface area contributed by atoms with Gasteiger partial charge in [0, 0.05) is 26.7 Å². The number of aryl methyl sites for hydroxylation is 1. The first-order valence-electron chi connectivity index (χ1n) is 5.34. The number of rotatable bonds is 3. The molecule has 5 heteroatoms. The summed E-state index contributed by atoms with van der Waals surface area (Å²) in [4.78, 5) is 1.85. The molecule has 0 saturated heterocycles. The molecule has 96 valence electrons. The van der Waals surface area contributed by atoms with Crippen LogP contribution in [-0.2, 0) is 6.42 Å². The molecule has 2 rings (SSSR count). The molecule has 1 nitrogen and oxygen atoms in total. The Morgan fingerprint density at radius 1 is 1.22 bits per heavy atom. The fourth-order valence-electron chi connectivity index (χ4n) is 1.70. The largest absolute Gasteiger partial charge is 0.387 e. The third-order valence-electron chi connectivity index (χ3n) is 2.56. The minimum Gasteiger partial charge on any atom is -0.387 e. The first-order valence-corrected chi connectivity index (χ1v) is 6.95. The smallest absolute Gasteiger partial charge is 0.126 e. The van der Waals surface area contributed by atoms with Gasteiger partial charge in [-0.2, -0.15) is 0 Å². The molecule has 1 N–H and O–H groups in total. The van der Waals surface area contributed by atoms with Crippen LogP contribution in [0, 0.1) is 18.6 Å². The van der Waals surface area contributed by atoms with Crippen molar-refractivity contribution in [3.05, 3.63) is 55.7 Å². The predicted octanol–water partition coefficient (Wildman–Crippen LogP) is 4.37. The summed E-state index contributed by atoms with van der Waals surface area (Å²) in [6, 6.07) is 5.13. The van der Waals surface area contributed by atoms with E-state index < -0.39 is 17.7 Å². The number of benzene rings is 1. The topological polar surface area (TPSA) is 20.2 Å². The highest BCUT2D eigenvalue weighted by molar-refractivity contribution is 9.10. The first kappa shape index (κ1) is 13.6. The van der Waals surface area contributed by atoms with Crippen molar-refractivity contribution in [1.29, 1.82) is 0 Å². The van der Waals surface area contributed by atoms with Crippen molar-refractivity contribution in [3.8, 4) is 0 Å². The summed E-state index contributed by atoms with van der Waals surface area (Å²) in [7, 11) is 0. The van der Waals surface area contributed by atoms with E-state index in [2.05, 4.69) is 15.9 Å². The van der Waals surface area contributed by atoms with E-state index in [1.165, 1.54) is 23.5 Å². The molecule has 0 bridgehead atoms. The Hall–Kier alpha value is -0.780. The molecule has 0 aliphatic rings. The Morgan fingerprint density at radius 2 is 1.83 bits per heavy atom. The Balaban J connectivity index is 2.18. The van der Waals surface area contributed by atoms with Crippen LogP contribution >= 0.6 is 27.3 Å². The first-order chi connectivity index (χ1) is 8.45. The fourth-order valence-corrected chi connectivity index (χ4v) is 3.25. The molecule has 0 aliphatic heterocycles. The van der Waals surface area contributed by atoms with Gasteiger partial charge < -0.3 is 5.11 Å². The third kappa shape index (κ3) is 3.16. The normalized spacial score (nSPS) is 12.7. The summed E-state index contributed by atoms with van der Waals surface area (Å²) >= 11 is 4.84. The monoisotopic (exact) mass is 332 g/mol. The van der Waals surface area contributed by atoms with Gasteiger partial charge in [-0.05, 0) is 46.6 Å². The van der Waals surface area contributed by atoms with Crippen LogP contribution in [-0.4, -0.2) is 5.11 Å². The summed E-state index contributed by atoms with van der Waals surface area (Å²) in [5, 5.41) is 10.0. The molecular formula is C13H11BrF2OS. The molecule has 1 unspecified atom stereocenters. The number of aliphatic hydroxyl groups excluding tert-OH is 1. The van der Waals surface area contributed by atoms with Gasteiger partial charge in [-0.1, -0.05) is 0 Å². The van der Waals surface area contributed by atoms with Crippen molar-refractivity contribution in [1.82, 2.24) is 0 Å². The van der Waals surface area contributed by atoms with Gasteiger partial charge in [-0.25, -0.2) is 8.78 Å². The van der Waals surface area contributed by atoms with E-state index in [1.807, 2.05) is 13.0 Å². The van der Waals surface area contributed by atoms with Crippen LogP contribution < -0.4 is 0 Å². The lowest BCUT2D eigenvalue weighted by atomic mass is 10.1.